The summed E-state index contributed by atoms with van der Waals surface area (Å²) in [6.45, 7) is 0.0592. The Bertz CT molecular complexity index is 843. The highest BCUT2D eigenvalue weighted by molar-refractivity contribution is 5.82. The third-order valence-electron chi connectivity index (χ3n) is 4.88. The predicted octanol–water partition coefficient (Wildman–Crippen LogP) is 2.15. The molecule has 0 aliphatic heterocycles. The van der Waals surface area contributed by atoms with Crippen molar-refractivity contribution in [1.82, 2.24) is 9.88 Å². The summed E-state index contributed by atoms with van der Waals surface area (Å²) < 4.78 is 1.72. The van der Waals surface area contributed by atoms with Gasteiger partial charge in [-0.15, -0.1) is 0 Å². The standard InChI is InChI=1S/C19H22N2O4/c22-17-10-11-21(16-9-5-4-7-14(16)17)12-18(23)20-15-8-3-1-2-6-13(15)19(24)25/h4-5,7,9-11,13,15H,1-3,6,8,12H2,(H,20,23)(H,24,25)/t13-,15+/m1/s1. The Morgan fingerprint density at radius 1 is 1.12 bits per heavy atom. The van der Waals surface area contributed by atoms with Gasteiger partial charge < -0.3 is 15.0 Å². The van der Waals surface area contributed by atoms with Gasteiger partial charge in [-0.2, -0.15) is 0 Å². The fourth-order valence-corrected chi connectivity index (χ4v) is 3.58. The average Bonchev–Trinajstić information content (AvgIpc) is 2.83. The number of fused-ring (bicyclic) bond motifs is 1. The maximum absolute atomic E-state index is 12.5. The van der Waals surface area contributed by atoms with Crippen LogP contribution in [-0.2, 0) is 16.1 Å². The van der Waals surface area contributed by atoms with Crippen LogP contribution in [-0.4, -0.2) is 27.6 Å². The molecule has 132 valence electrons. The van der Waals surface area contributed by atoms with E-state index in [1.165, 1.54) is 6.07 Å². The highest BCUT2D eigenvalue weighted by Gasteiger charge is 2.30. The van der Waals surface area contributed by atoms with E-state index < -0.39 is 11.9 Å². The second kappa shape index (κ2) is 7.51. The fourth-order valence-electron chi connectivity index (χ4n) is 3.58. The highest BCUT2D eigenvalue weighted by atomic mass is 16.4. The lowest BCUT2D eigenvalue weighted by Gasteiger charge is -2.23. The van der Waals surface area contributed by atoms with E-state index in [0.717, 1.165) is 19.3 Å². The van der Waals surface area contributed by atoms with E-state index in [0.29, 0.717) is 23.7 Å². The Morgan fingerprint density at radius 3 is 2.68 bits per heavy atom. The van der Waals surface area contributed by atoms with Gasteiger partial charge in [0.2, 0.25) is 5.91 Å². The lowest BCUT2D eigenvalue weighted by atomic mass is 9.95. The van der Waals surface area contributed by atoms with E-state index in [-0.39, 0.29) is 23.9 Å². The molecule has 1 aliphatic carbocycles. The lowest BCUT2D eigenvalue weighted by molar-refractivity contribution is -0.143. The number of carboxylic acids is 1. The molecule has 2 aromatic rings. The van der Waals surface area contributed by atoms with Crippen LogP contribution in [0, 0.1) is 5.92 Å². The number of aromatic nitrogens is 1. The van der Waals surface area contributed by atoms with E-state index >= 15 is 0 Å². The lowest BCUT2D eigenvalue weighted by Crippen LogP contribution is -2.44. The van der Waals surface area contributed by atoms with Crippen molar-refractivity contribution in [3.8, 4) is 0 Å². The number of carboxylic acid groups (broad SMARTS) is 1. The SMILES string of the molecule is O=C(Cn1ccc(=O)c2ccccc21)N[C@H]1CCCCC[C@H]1C(=O)O. The fraction of sp³-hybridized carbons (Fsp3) is 0.421. The van der Waals surface area contributed by atoms with Gasteiger partial charge in [-0.25, -0.2) is 0 Å². The smallest absolute Gasteiger partial charge is 0.308 e. The Morgan fingerprint density at radius 2 is 1.88 bits per heavy atom. The number of hydrogen-bond donors (Lipinski definition) is 2. The molecular weight excluding hydrogens is 320 g/mol. The first-order valence-corrected chi connectivity index (χ1v) is 8.66. The van der Waals surface area contributed by atoms with Crippen LogP contribution >= 0.6 is 0 Å². The van der Waals surface area contributed by atoms with Crippen LogP contribution in [0.4, 0.5) is 0 Å². The minimum atomic E-state index is -0.846. The summed E-state index contributed by atoms with van der Waals surface area (Å²) in [4.78, 5) is 35.9. The largest absolute Gasteiger partial charge is 0.481 e. The Labute approximate surface area is 145 Å². The van der Waals surface area contributed by atoms with E-state index in [4.69, 9.17) is 0 Å². The number of rotatable bonds is 4. The summed E-state index contributed by atoms with van der Waals surface area (Å²) in [5, 5.41) is 12.9. The number of aliphatic carboxylic acids is 1. The van der Waals surface area contributed by atoms with Gasteiger partial charge in [-0.05, 0) is 25.0 Å². The molecule has 1 amide bonds. The molecule has 0 saturated heterocycles. The van der Waals surface area contributed by atoms with Gasteiger partial charge in [0.25, 0.3) is 0 Å². The van der Waals surface area contributed by atoms with Crippen molar-refractivity contribution in [2.45, 2.75) is 44.7 Å². The summed E-state index contributed by atoms with van der Waals surface area (Å²) in [5.41, 5.74) is 0.614. The monoisotopic (exact) mass is 342 g/mol. The molecular formula is C19H22N2O4. The van der Waals surface area contributed by atoms with Crippen molar-refractivity contribution < 1.29 is 14.7 Å². The van der Waals surface area contributed by atoms with Crippen LogP contribution in [0.1, 0.15) is 32.1 Å². The normalized spacial score (nSPS) is 20.8. The van der Waals surface area contributed by atoms with Crippen molar-refractivity contribution in [3.05, 3.63) is 46.8 Å². The van der Waals surface area contributed by atoms with Gasteiger partial charge in [0.05, 0.1) is 11.4 Å². The van der Waals surface area contributed by atoms with E-state index in [1.54, 1.807) is 29.0 Å². The molecule has 2 N–H and O–H groups in total. The molecule has 6 nitrogen and oxygen atoms in total. The molecule has 1 heterocycles. The van der Waals surface area contributed by atoms with Gasteiger partial charge >= 0.3 is 5.97 Å². The molecule has 1 aromatic heterocycles. The van der Waals surface area contributed by atoms with Crippen LogP contribution in [0.15, 0.2) is 41.3 Å². The number of para-hydroxylation sites is 1. The van der Waals surface area contributed by atoms with Crippen LogP contribution in [0.5, 0.6) is 0 Å². The quantitative estimate of drug-likeness (QED) is 0.833. The molecule has 3 rings (SSSR count). The van der Waals surface area contributed by atoms with Crippen molar-refractivity contribution in [2.24, 2.45) is 5.92 Å². The van der Waals surface area contributed by atoms with Crippen molar-refractivity contribution in [2.75, 3.05) is 0 Å². The van der Waals surface area contributed by atoms with Crippen molar-refractivity contribution >= 4 is 22.8 Å². The first kappa shape index (κ1) is 17.2. The van der Waals surface area contributed by atoms with Gasteiger partial charge in [-0.1, -0.05) is 31.4 Å². The number of nitrogens with one attached hydrogen (secondary N) is 1. The molecule has 1 aliphatic rings. The number of benzene rings is 1. The number of carbonyl (C=O) groups is 2. The maximum atomic E-state index is 12.5. The predicted molar refractivity (Wildman–Crippen MR) is 94.3 cm³/mol. The number of pyridine rings is 1. The third-order valence-corrected chi connectivity index (χ3v) is 4.88. The number of carbonyl (C=O) groups excluding carboxylic acids is 1. The average molecular weight is 342 g/mol. The van der Waals surface area contributed by atoms with Gasteiger partial charge in [0.1, 0.15) is 6.54 Å². The zero-order valence-electron chi connectivity index (χ0n) is 14.0. The van der Waals surface area contributed by atoms with Crippen molar-refractivity contribution in [1.29, 1.82) is 0 Å². The molecule has 6 heteroatoms. The molecule has 1 aromatic carbocycles. The van der Waals surface area contributed by atoms with Crippen molar-refractivity contribution in [3.63, 3.8) is 0 Å². The van der Waals surface area contributed by atoms with E-state index in [1.807, 2.05) is 6.07 Å². The minimum Gasteiger partial charge on any atom is -0.481 e. The summed E-state index contributed by atoms with van der Waals surface area (Å²) in [6.07, 6.45) is 5.70. The third kappa shape index (κ3) is 3.90. The summed E-state index contributed by atoms with van der Waals surface area (Å²) in [7, 11) is 0. The number of hydrogen-bond acceptors (Lipinski definition) is 3. The minimum absolute atomic E-state index is 0.0592. The second-order valence-electron chi connectivity index (χ2n) is 6.58. The van der Waals surface area contributed by atoms with Gasteiger partial charge in [-0.3, -0.25) is 14.4 Å². The molecule has 25 heavy (non-hydrogen) atoms. The zero-order valence-corrected chi connectivity index (χ0v) is 14.0. The Hall–Kier alpha value is -2.63. The van der Waals surface area contributed by atoms with Crippen LogP contribution in [0.3, 0.4) is 0 Å². The molecule has 0 bridgehead atoms. The van der Waals surface area contributed by atoms with Crippen LogP contribution < -0.4 is 10.7 Å². The van der Waals surface area contributed by atoms with Gasteiger partial charge in [0, 0.05) is 23.7 Å². The topological polar surface area (TPSA) is 88.4 Å². The second-order valence-corrected chi connectivity index (χ2v) is 6.58. The van der Waals surface area contributed by atoms with E-state index in [9.17, 15) is 19.5 Å². The van der Waals surface area contributed by atoms with Crippen LogP contribution in [0.2, 0.25) is 0 Å². The number of nitrogens with zero attached hydrogens (tertiary/aromatic N) is 1. The highest BCUT2D eigenvalue weighted by Crippen LogP contribution is 2.24. The van der Waals surface area contributed by atoms with E-state index in [2.05, 4.69) is 5.32 Å². The molecule has 1 saturated carbocycles. The number of amides is 1. The molecule has 2 atom stereocenters. The summed E-state index contributed by atoms with van der Waals surface area (Å²) in [6, 6.07) is 8.26. The Kier molecular flexibility index (Phi) is 5.16. The molecule has 0 unspecified atom stereocenters. The zero-order chi connectivity index (χ0) is 17.8. The summed E-state index contributed by atoms with van der Waals surface area (Å²) in [5.74, 6) is -1.61. The molecule has 0 spiro atoms. The maximum Gasteiger partial charge on any atom is 0.308 e. The summed E-state index contributed by atoms with van der Waals surface area (Å²) >= 11 is 0. The Balaban J connectivity index is 1.77. The molecule has 0 radical (unpaired) electrons. The first-order chi connectivity index (χ1) is 12.1. The van der Waals surface area contributed by atoms with Crippen LogP contribution in [0.25, 0.3) is 10.9 Å². The van der Waals surface area contributed by atoms with Gasteiger partial charge in [0.15, 0.2) is 5.43 Å². The molecule has 1 fully saturated rings. The first-order valence-electron chi connectivity index (χ1n) is 8.66.